The Bertz CT molecular complexity index is 1450. The predicted molar refractivity (Wildman–Crippen MR) is 157 cm³/mol. The number of nitrogens with zero attached hydrogens (tertiary/aromatic N) is 2. The van der Waals surface area contributed by atoms with Gasteiger partial charge in [-0.05, 0) is 87.9 Å². The van der Waals surface area contributed by atoms with Gasteiger partial charge >= 0.3 is 5.97 Å². The maximum Gasteiger partial charge on any atom is 0.327 e. The summed E-state index contributed by atoms with van der Waals surface area (Å²) >= 11 is 6.15. The minimum Gasteiger partial charge on any atom is -0.459 e. The number of sulfonamides is 1. The number of hydrogen-bond donors (Lipinski definition) is 0. The van der Waals surface area contributed by atoms with Crippen LogP contribution in [0.2, 0.25) is 5.02 Å². The number of likely N-dealkylation sites (tertiary alicyclic amines) is 1. The van der Waals surface area contributed by atoms with E-state index in [1.165, 1.54) is 23.8 Å². The molecule has 1 heterocycles. The van der Waals surface area contributed by atoms with E-state index in [1.807, 2.05) is 18.2 Å². The summed E-state index contributed by atoms with van der Waals surface area (Å²) < 4.78 is 34.1. The van der Waals surface area contributed by atoms with Gasteiger partial charge in [0.15, 0.2) is 0 Å². The van der Waals surface area contributed by atoms with E-state index in [0.717, 1.165) is 23.6 Å². The van der Waals surface area contributed by atoms with Gasteiger partial charge in [0.2, 0.25) is 0 Å². The molecule has 3 aromatic carbocycles. The first-order valence-electron chi connectivity index (χ1n) is 13.4. The van der Waals surface area contributed by atoms with Crippen LogP contribution in [-0.2, 0) is 26.0 Å². The number of carbonyl (C=O) groups excluding carboxylic acids is 2. The zero-order valence-corrected chi connectivity index (χ0v) is 24.6. The summed E-state index contributed by atoms with van der Waals surface area (Å²) in [5.41, 5.74) is 1.00. The number of piperidine rings is 1. The summed E-state index contributed by atoms with van der Waals surface area (Å²) in [5.74, 6) is -0.421. The van der Waals surface area contributed by atoms with Crippen LogP contribution in [0.1, 0.15) is 49.5 Å². The van der Waals surface area contributed by atoms with Crippen molar-refractivity contribution in [1.82, 2.24) is 4.90 Å². The van der Waals surface area contributed by atoms with Crippen LogP contribution >= 0.6 is 11.6 Å². The molecule has 1 fully saturated rings. The van der Waals surface area contributed by atoms with Crippen LogP contribution in [0.25, 0.3) is 0 Å². The molecule has 9 heteroatoms. The summed E-state index contributed by atoms with van der Waals surface area (Å²) in [6.07, 6.45) is 2.75. The van der Waals surface area contributed by atoms with E-state index in [4.69, 9.17) is 16.3 Å². The molecule has 3 aromatic rings. The number of rotatable bonds is 8. The first kappa shape index (κ1) is 29.6. The summed E-state index contributed by atoms with van der Waals surface area (Å²) in [4.78, 5) is 27.8. The smallest absolute Gasteiger partial charge is 0.327 e. The van der Waals surface area contributed by atoms with Gasteiger partial charge in [-0.1, -0.05) is 54.1 Å². The van der Waals surface area contributed by atoms with E-state index < -0.39 is 28.1 Å². The third-order valence-electron chi connectivity index (χ3n) is 6.73. The molecule has 0 bridgehead atoms. The van der Waals surface area contributed by atoms with Crippen molar-refractivity contribution in [2.75, 3.05) is 23.9 Å². The van der Waals surface area contributed by atoms with Crippen molar-refractivity contribution in [2.24, 2.45) is 5.92 Å². The van der Waals surface area contributed by atoms with Crippen LogP contribution in [0.15, 0.2) is 83.8 Å². The molecule has 0 aromatic heterocycles. The number of carbonyl (C=O) groups is 2. The quantitative estimate of drug-likeness (QED) is 0.305. The van der Waals surface area contributed by atoms with E-state index >= 15 is 0 Å². The molecule has 7 nitrogen and oxygen atoms in total. The fraction of sp³-hybridized carbons (Fsp3) is 0.355. The lowest BCUT2D eigenvalue weighted by atomic mass is 9.90. The maximum absolute atomic E-state index is 13.9. The van der Waals surface area contributed by atoms with Crippen molar-refractivity contribution >= 4 is 39.2 Å². The third-order valence-corrected chi connectivity index (χ3v) is 8.73. The monoisotopic (exact) mass is 582 g/mol. The van der Waals surface area contributed by atoms with E-state index in [1.54, 1.807) is 56.0 Å². The van der Waals surface area contributed by atoms with Gasteiger partial charge in [0.05, 0.1) is 10.6 Å². The number of hydrogen-bond acceptors (Lipinski definition) is 5. The van der Waals surface area contributed by atoms with Crippen molar-refractivity contribution in [2.45, 2.75) is 50.5 Å². The molecular weight excluding hydrogens is 548 g/mol. The standard InChI is InChI=1S/C31H35ClN2O5S/c1-31(2,3)39-29(35)22-34(27-13-8-12-26(32)21-27)40(37,38)28-14-7-11-25(20-28)30(36)33-17-15-24(16-18-33)19-23-9-5-4-6-10-23/h4-14,20-21,24H,15-19,22H2,1-3H3. The Labute approximate surface area is 241 Å². The highest BCUT2D eigenvalue weighted by Crippen LogP contribution is 2.28. The molecule has 1 aliphatic rings. The van der Waals surface area contributed by atoms with Gasteiger partial charge in [-0.15, -0.1) is 0 Å². The predicted octanol–water partition coefficient (Wildman–Crippen LogP) is 5.97. The molecule has 1 aliphatic heterocycles. The zero-order valence-electron chi connectivity index (χ0n) is 23.0. The van der Waals surface area contributed by atoms with Gasteiger partial charge in [0.1, 0.15) is 12.1 Å². The van der Waals surface area contributed by atoms with Crippen LogP contribution < -0.4 is 4.31 Å². The largest absolute Gasteiger partial charge is 0.459 e. The Morgan fingerprint density at radius 2 is 1.62 bits per heavy atom. The van der Waals surface area contributed by atoms with Gasteiger partial charge in [0, 0.05) is 23.7 Å². The van der Waals surface area contributed by atoms with Gasteiger partial charge in [-0.3, -0.25) is 13.9 Å². The van der Waals surface area contributed by atoms with Crippen LogP contribution in [-0.4, -0.2) is 50.4 Å². The van der Waals surface area contributed by atoms with Crippen LogP contribution in [0.5, 0.6) is 0 Å². The van der Waals surface area contributed by atoms with E-state index in [0.29, 0.717) is 24.0 Å². The Morgan fingerprint density at radius 3 is 2.27 bits per heavy atom. The Balaban J connectivity index is 1.53. The van der Waals surface area contributed by atoms with E-state index in [-0.39, 0.29) is 22.1 Å². The summed E-state index contributed by atoms with van der Waals surface area (Å²) in [6.45, 7) is 5.81. The minimum absolute atomic E-state index is 0.0964. The second-order valence-electron chi connectivity index (χ2n) is 11.0. The van der Waals surface area contributed by atoms with Crippen molar-refractivity contribution in [3.05, 3.63) is 95.0 Å². The second kappa shape index (κ2) is 12.4. The molecule has 4 rings (SSSR count). The maximum atomic E-state index is 13.9. The minimum atomic E-state index is -4.25. The Kier molecular flexibility index (Phi) is 9.21. The van der Waals surface area contributed by atoms with Crippen LogP contribution in [0.4, 0.5) is 5.69 Å². The lowest BCUT2D eigenvalue weighted by Crippen LogP contribution is -2.40. The van der Waals surface area contributed by atoms with Gasteiger partial charge in [-0.2, -0.15) is 0 Å². The van der Waals surface area contributed by atoms with E-state index in [9.17, 15) is 18.0 Å². The zero-order chi connectivity index (χ0) is 28.9. The third kappa shape index (κ3) is 7.64. The number of ether oxygens (including phenoxy) is 1. The van der Waals surface area contributed by atoms with Gasteiger partial charge in [-0.25, -0.2) is 8.42 Å². The molecule has 0 N–H and O–H groups in total. The molecule has 40 heavy (non-hydrogen) atoms. The fourth-order valence-corrected chi connectivity index (χ4v) is 6.46. The first-order valence-corrected chi connectivity index (χ1v) is 15.2. The number of benzene rings is 3. The number of anilines is 1. The summed E-state index contributed by atoms with van der Waals surface area (Å²) in [6, 6.07) is 22.5. The molecule has 0 spiro atoms. The first-order chi connectivity index (χ1) is 18.9. The Morgan fingerprint density at radius 1 is 0.950 bits per heavy atom. The van der Waals surface area contributed by atoms with E-state index in [2.05, 4.69) is 12.1 Å². The molecule has 0 saturated carbocycles. The average Bonchev–Trinajstić information content (AvgIpc) is 2.91. The van der Waals surface area contributed by atoms with Crippen molar-refractivity contribution in [3.63, 3.8) is 0 Å². The molecule has 0 unspecified atom stereocenters. The molecule has 1 amide bonds. The van der Waals surface area contributed by atoms with Crippen LogP contribution in [0.3, 0.4) is 0 Å². The number of amides is 1. The molecule has 0 radical (unpaired) electrons. The van der Waals surface area contributed by atoms with Gasteiger partial charge in [0.25, 0.3) is 15.9 Å². The fourth-order valence-electron chi connectivity index (χ4n) is 4.82. The summed E-state index contributed by atoms with van der Waals surface area (Å²) in [7, 11) is -4.25. The van der Waals surface area contributed by atoms with Crippen molar-refractivity contribution in [3.8, 4) is 0 Å². The lowest BCUT2D eigenvalue weighted by molar-refractivity contribution is -0.152. The summed E-state index contributed by atoms with van der Waals surface area (Å²) in [5, 5.41) is 0.321. The topological polar surface area (TPSA) is 84.0 Å². The molecule has 1 saturated heterocycles. The van der Waals surface area contributed by atoms with Crippen molar-refractivity contribution in [1.29, 1.82) is 0 Å². The number of halogens is 1. The Hall–Kier alpha value is -3.36. The molecule has 0 atom stereocenters. The molecule has 212 valence electrons. The average molecular weight is 583 g/mol. The highest BCUT2D eigenvalue weighted by molar-refractivity contribution is 7.92. The second-order valence-corrected chi connectivity index (χ2v) is 13.3. The van der Waals surface area contributed by atoms with Gasteiger partial charge < -0.3 is 9.64 Å². The highest BCUT2D eigenvalue weighted by atomic mass is 35.5. The highest BCUT2D eigenvalue weighted by Gasteiger charge is 2.31. The van der Waals surface area contributed by atoms with Crippen molar-refractivity contribution < 1.29 is 22.7 Å². The lowest BCUT2D eigenvalue weighted by Gasteiger charge is -2.32. The van der Waals surface area contributed by atoms with Crippen LogP contribution in [0, 0.1) is 5.92 Å². The molecular formula is C31H35ClN2O5S. The number of esters is 1. The normalized spacial score (nSPS) is 14.6. The molecule has 0 aliphatic carbocycles. The SMILES string of the molecule is CC(C)(C)OC(=O)CN(c1cccc(Cl)c1)S(=O)(=O)c1cccc(C(=O)N2CCC(Cc3ccccc3)CC2)c1.